The molecule has 9 heteroatoms. The van der Waals surface area contributed by atoms with E-state index in [1.54, 1.807) is 0 Å². The monoisotopic (exact) mass is 312 g/mol. The van der Waals surface area contributed by atoms with Crippen molar-refractivity contribution in [3.8, 4) is 0 Å². The standard InChI is InChI=1S/C12H16N4O4S/c1-2-13-11-9(4-3-7-14-11)21(19,20)16-8-5-6-10(17)15-12(8)18/h3-4,7-8,16H,2,5-6H2,1H3,(H,13,14)(H,15,17,18). The van der Waals surface area contributed by atoms with Gasteiger partial charge in [-0.3, -0.25) is 14.9 Å². The number of piperidine rings is 1. The highest BCUT2D eigenvalue weighted by molar-refractivity contribution is 7.89. The van der Waals surface area contributed by atoms with Gasteiger partial charge in [0.2, 0.25) is 21.8 Å². The summed E-state index contributed by atoms with van der Waals surface area (Å²) < 4.78 is 27.0. The lowest BCUT2D eigenvalue weighted by Gasteiger charge is -2.22. The number of rotatable bonds is 5. The first-order chi connectivity index (χ1) is 9.94. The molecule has 8 nitrogen and oxygen atoms in total. The van der Waals surface area contributed by atoms with Crippen molar-refractivity contribution in [1.82, 2.24) is 15.0 Å². The van der Waals surface area contributed by atoms with E-state index in [2.05, 4.69) is 20.3 Å². The molecule has 1 atom stereocenters. The smallest absolute Gasteiger partial charge is 0.244 e. The highest BCUT2D eigenvalue weighted by atomic mass is 32.2. The molecule has 2 rings (SSSR count). The summed E-state index contributed by atoms with van der Waals surface area (Å²) in [5.41, 5.74) is 0. The minimum atomic E-state index is -3.91. The van der Waals surface area contributed by atoms with Crippen LogP contribution in [-0.2, 0) is 19.6 Å². The largest absolute Gasteiger partial charge is 0.369 e. The zero-order chi connectivity index (χ0) is 15.5. The van der Waals surface area contributed by atoms with Crippen molar-refractivity contribution in [2.24, 2.45) is 0 Å². The van der Waals surface area contributed by atoms with E-state index in [1.807, 2.05) is 6.92 Å². The predicted molar refractivity (Wildman–Crippen MR) is 74.9 cm³/mol. The fourth-order valence-electron chi connectivity index (χ4n) is 1.96. The maximum absolute atomic E-state index is 12.4. The molecular formula is C12H16N4O4S. The first-order valence-corrected chi connectivity index (χ1v) is 7.97. The second-order valence-corrected chi connectivity index (χ2v) is 6.19. The van der Waals surface area contributed by atoms with Gasteiger partial charge in [0.1, 0.15) is 16.8 Å². The molecule has 21 heavy (non-hydrogen) atoms. The van der Waals surface area contributed by atoms with Crippen molar-refractivity contribution in [2.45, 2.75) is 30.7 Å². The zero-order valence-electron chi connectivity index (χ0n) is 11.4. The SMILES string of the molecule is CCNc1ncccc1S(=O)(=O)NC1CCC(=O)NC1=O. The average Bonchev–Trinajstić information content (AvgIpc) is 2.43. The quantitative estimate of drug-likeness (QED) is 0.637. The van der Waals surface area contributed by atoms with Crippen LogP contribution in [0.1, 0.15) is 19.8 Å². The summed E-state index contributed by atoms with van der Waals surface area (Å²) in [7, 11) is -3.91. The van der Waals surface area contributed by atoms with Crippen LogP contribution in [0.25, 0.3) is 0 Å². The van der Waals surface area contributed by atoms with Gasteiger partial charge in [-0.05, 0) is 25.5 Å². The number of hydrogen-bond donors (Lipinski definition) is 3. The van der Waals surface area contributed by atoms with E-state index in [1.165, 1.54) is 18.3 Å². The fourth-order valence-corrected chi connectivity index (χ4v) is 3.33. The number of hydrogen-bond acceptors (Lipinski definition) is 6. The minimum absolute atomic E-state index is 0.0310. The Morgan fingerprint density at radius 1 is 1.43 bits per heavy atom. The molecule has 2 amide bonds. The lowest BCUT2D eigenvalue weighted by Crippen LogP contribution is -2.52. The Bertz CT molecular complexity index is 659. The van der Waals surface area contributed by atoms with Crippen molar-refractivity contribution in [2.75, 3.05) is 11.9 Å². The number of nitrogens with one attached hydrogen (secondary N) is 3. The van der Waals surface area contributed by atoms with Crippen molar-refractivity contribution in [1.29, 1.82) is 0 Å². The summed E-state index contributed by atoms with van der Waals surface area (Å²) in [5.74, 6) is -0.811. The summed E-state index contributed by atoms with van der Waals surface area (Å²) in [6.45, 7) is 2.33. The number of sulfonamides is 1. The van der Waals surface area contributed by atoms with Crippen LogP contribution in [0.15, 0.2) is 23.2 Å². The molecule has 1 aliphatic rings. The van der Waals surface area contributed by atoms with Crippen LogP contribution in [0.4, 0.5) is 5.82 Å². The van der Waals surface area contributed by atoms with Gasteiger partial charge in [0, 0.05) is 19.2 Å². The Hall–Kier alpha value is -2.00. The number of imide groups is 1. The van der Waals surface area contributed by atoms with E-state index in [0.29, 0.717) is 6.54 Å². The topological polar surface area (TPSA) is 117 Å². The van der Waals surface area contributed by atoms with E-state index in [0.717, 1.165) is 0 Å². The van der Waals surface area contributed by atoms with E-state index >= 15 is 0 Å². The normalized spacial score (nSPS) is 19.2. The molecule has 114 valence electrons. The van der Waals surface area contributed by atoms with Crippen LogP contribution in [0, 0.1) is 0 Å². The molecule has 0 bridgehead atoms. The Kier molecular flexibility index (Phi) is 4.53. The van der Waals surface area contributed by atoms with E-state index in [9.17, 15) is 18.0 Å². The molecular weight excluding hydrogens is 296 g/mol. The molecule has 1 aromatic heterocycles. The Labute approximate surface area is 122 Å². The van der Waals surface area contributed by atoms with Crippen LogP contribution < -0.4 is 15.4 Å². The Morgan fingerprint density at radius 2 is 2.19 bits per heavy atom. The average molecular weight is 312 g/mol. The zero-order valence-corrected chi connectivity index (χ0v) is 12.2. The number of aromatic nitrogens is 1. The Balaban J connectivity index is 2.23. The third-order valence-corrected chi connectivity index (χ3v) is 4.44. The van der Waals surface area contributed by atoms with Crippen molar-refractivity contribution < 1.29 is 18.0 Å². The molecule has 0 radical (unpaired) electrons. The van der Waals surface area contributed by atoms with Crippen LogP contribution >= 0.6 is 0 Å². The number of amides is 2. The second-order valence-electron chi connectivity index (χ2n) is 4.51. The molecule has 0 aliphatic carbocycles. The Morgan fingerprint density at radius 3 is 2.86 bits per heavy atom. The van der Waals surface area contributed by atoms with Gasteiger partial charge in [0.05, 0.1) is 0 Å². The number of carbonyl (C=O) groups is 2. The van der Waals surface area contributed by atoms with Gasteiger partial charge in [0.15, 0.2) is 0 Å². The molecule has 2 heterocycles. The van der Waals surface area contributed by atoms with E-state index in [-0.39, 0.29) is 23.6 Å². The third-order valence-electron chi connectivity index (χ3n) is 2.94. The van der Waals surface area contributed by atoms with Gasteiger partial charge in [0.25, 0.3) is 0 Å². The number of pyridine rings is 1. The van der Waals surface area contributed by atoms with Crippen molar-refractivity contribution in [3.05, 3.63) is 18.3 Å². The van der Waals surface area contributed by atoms with Crippen molar-refractivity contribution in [3.63, 3.8) is 0 Å². The molecule has 0 aromatic carbocycles. The number of anilines is 1. The number of carbonyl (C=O) groups excluding carboxylic acids is 2. The molecule has 0 saturated carbocycles. The van der Waals surface area contributed by atoms with Gasteiger partial charge in [-0.25, -0.2) is 13.4 Å². The maximum atomic E-state index is 12.4. The van der Waals surface area contributed by atoms with Crippen LogP contribution in [0.3, 0.4) is 0 Å². The summed E-state index contributed by atoms with van der Waals surface area (Å²) in [6.07, 6.45) is 1.72. The molecule has 1 aromatic rings. The minimum Gasteiger partial charge on any atom is -0.369 e. The first kappa shape index (κ1) is 15.4. The van der Waals surface area contributed by atoms with E-state index < -0.39 is 27.9 Å². The maximum Gasteiger partial charge on any atom is 0.244 e. The summed E-state index contributed by atoms with van der Waals surface area (Å²) in [4.78, 5) is 26.6. The van der Waals surface area contributed by atoms with Gasteiger partial charge in [-0.1, -0.05) is 0 Å². The number of nitrogens with zero attached hydrogens (tertiary/aromatic N) is 1. The second kappa shape index (κ2) is 6.19. The molecule has 1 saturated heterocycles. The van der Waals surface area contributed by atoms with Crippen LogP contribution in [-0.4, -0.2) is 37.8 Å². The lowest BCUT2D eigenvalue weighted by molar-refractivity contribution is -0.134. The lowest BCUT2D eigenvalue weighted by atomic mass is 10.1. The van der Waals surface area contributed by atoms with E-state index in [4.69, 9.17) is 0 Å². The van der Waals surface area contributed by atoms with Crippen molar-refractivity contribution >= 4 is 27.7 Å². The summed E-state index contributed by atoms with van der Waals surface area (Å²) in [5, 5.41) is 4.96. The molecule has 1 aliphatic heterocycles. The fraction of sp³-hybridized carbons (Fsp3) is 0.417. The van der Waals surface area contributed by atoms with Gasteiger partial charge < -0.3 is 5.32 Å². The predicted octanol–water partition coefficient (Wildman–Crippen LogP) is -0.403. The highest BCUT2D eigenvalue weighted by Gasteiger charge is 2.31. The van der Waals surface area contributed by atoms with Gasteiger partial charge in [-0.2, -0.15) is 4.72 Å². The first-order valence-electron chi connectivity index (χ1n) is 6.49. The highest BCUT2D eigenvalue weighted by Crippen LogP contribution is 2.19. The summed E-state index contributed by atoms with van der Waals surface area (Å²) >= 11 is 0. The van der Waals surface area contributed by atoms with Crippen LogP contribution in [0.2, 0.25) is 0 Å². The van der Waals surface area contributed by atoms with Gasteiger partial charge >= 0.3 is 0 Å². The third kappa shape index (κ3) is 3.56. The molecule has 3 N–H and O–H groups in total. The summed E-state index contributed by atoms with van der Waals surface area (Å²) in [6, 6.07) is 1.95. The van der Waals surface area contributed by atoms with Gasteiger partial charge in [-0.15, -0.1) is 0 Å². The molecule has 1 unspecified atom stereocenters. The molecule has 1 fully saturated rings. The van der Waals surface area contributed by atoms with Crippen LogP contribution in [0.5, 0.6) is 0 Å². The molecule has 0 spiro atoms.